The highest BCUT2D eigenvalue weighted by molar-refractivity contribution is 8.33. The zero-order valence-corrected chi connectivity index (χ0v) is 23.9. The summed E-state index contributed by atoms with van der Waals surface area (Å²) in [5.74, 6) is -54.1. The van der Waals surface area contributed by atoms with Gasteiger partial charge in [-0.3, -0.25) is 4.79 Å². The molecule has 1 fully saturated rings. The molecule has 23 heteroatoms. The lowest BCUT2D eigenvalue weighted by atomic mass is 9.91. The lowest BCUT2D eigenvalue weighted by Gasteiger charge is -2.45. The second kappa shape index (κ2) is 12.4. The fraction of sp³-hybridized carbons (Fsp3) is 0.952. The zero-order chi connectivity index (χ0) is 35.2. The number of carbonyl (C=O) groups excluding carboxylic acids is 1. The van der Waals surface area contributed by atoms with Gasteiger partial charge in [-0.1, -0.05) is 32.6 Å². The van der Waals surface area contributed by atoms with Gasteiger partial charge in [0.25, 0.3) is 0 Å². The summed E-state index contributed by atoms with van der Waals surface area (Å²) < 4.78 is 260. The maximum atomic E-state index is 14.6. The maximum absolute atomic E-state index is 14.6. The van der Waals surface area contributed by atoms with E-state index in [1.54, 1.807) is 6.92 Å². The molecule has 1 rings (SSSR count). The number of hydrogen-bond donors (Lipinski definition) is 0. The smallest absolute Gasteiger partial charge is 0.299 e. The summed E-state index contributed by atoms with van der Waals surface area (Å²) in [6, 6.07) is 0. The van der Waals surface area contributed by atoms with Crippen LogP contribution in [0.1, 0.15) is 58.3 Å². The van der Waals surface area contributed by atoms with Gasteiger partial charge in [-0.15, -0.1) is 10.3 Å². The van der Waals surface area contributed by atoms with E-state index in [1.807, 2.05) is 0 Å². The Balaban J connectivity index is 3.71. The van der Waals surface area contributed by atoms with Crippen molar-refractivity contribution in [2.75, 3.05) is 12.0 Å². The predicted octanol–water partition coefficient (Wildman–Crippen LogP) is 8.74. The summed E-state index contributed by atoms with van der Waals surface area (Å²) in [4.78, 5) is 12.3. The van der Waals surface area contributed by atoms with Gasteiger partial charge in [0.1, 0.15) is 5.78 Å². The quantitative estimate of drug-likeness (QED) is 0.158. The first-order valence-electron chi connectivity index (χ1n) is 12.2. The fourth-order valence-electron chi connectivity index (χ4n) is 4.08. The normalized spacial score (nSPS) is 19.9. The molecule has 0 spiro atoms. The van der Waals surface area contributed by atoms with Crippen molar-refractivity contribution < 1.29 is 91.5 Å². The molecule has 0 heterocycles. The highest BCUT2D eigenvalue weighted by Crippen LogP contribution is 2.66. The second-order valence-electron chi connectivity index (χ2n) is 10.1. The molecule has 0 N–H and O–H groups in total. The third kappa shape index (κ3) is 6.47. The summed E-state index contributed by atoms with van der Waals surface area (Å²) in [6.45, 7) is 1.57. The van der Waals surface area contributed by atoms with Crippen molar-refractivity contribution in [2.24, 2.45) is 0 Å². The highest BCUT2D eigenvalue weighted by Gasteiger charge is 2.96. The van der Waals surface area contributed by atoms with Crippen LogP contribution in [0.3, 0.4) is 0 Å². The van der Waals surface area contributed by atoms with Crippen LogP contribution in [0.5, 0.6) is 0 Å². The van der Waals surface area contributed by atoms with Gasteiger partial charge in [-0.05, 0) is 25.5 Å². The first kappa shape index (κ1) is 40.8. The Bertz CT molecular complexity index is 1130. The minimum absolute atomic E-state index is 0.104. The molecule has 1 unspecified atom stereocenters. The molecular formula is C21H25F17O4S2. The molecule has 1 aliphatic carbocycles. The number of Topliss-reactive ketones (excluding diaryl/α,β-unsaturated/α-hetero) is 1. The Kier molecular flexibility index (Phi) is 11.5. The van der Waals surface area contributed by atoms with Crippen LogP contribution in [0.25, 0.3) is 0 Å². The van der Waals surface area contributed by atoms with E-state index in [0.717, 1.165) is 0 Å². The SMILES string of the molecule is CCCCC(=O)CS(C)(OS(=O)(=O)C(F)(F)C(F)(F)C(F)(F)C(F)(F)C(F)(F)C(F)(F)C(F)(F)C(F)(F)F)C1CCCCC1. The van der Waals surface area contributed by atoms with Gasteiger partial charge in [0.05, 0.1) is 5.75 Å². The summed E-state index contributed by atoms with van der Waals surface area (Å²) >= 11 is 0. The third-order valence-electron chi connectivity index (χ3n) is 6.77. The average Bonchev–Trinajstić information content (AvgIpc) is 2.86. The molecule has 0 aromatic heterocycles. The molecule has 0 aliphatic heterocycles. The molecule has 0 aromatic rings. The first-order chi connectivity index (χ1) is 19.3. The largest absolute Gasteiger partial charge is 0.460 e. The minimum Gasteiger partial charge on any atom is -0.299 e. The number of hydrogen-bond acceptors (Lipinski definition) is 4. The number of rotatable bonds is 15. The molecule has 1 atom stereocenters. The van der Waals surface area contributed by atoms with Crippen LogP contribution in [-0.2, 0) is 18.5 Å². The van der Waals surface area contributed by atoms with E-state index in [1.165, 1.54) is 0 Å². The van der Waals surface area contributed by atoms with Crippen LogP contribution in [0.15, 0.2) is 0 Å². The Labute approximate surface area is 240 Å². The molecular weight excluding hydrogens is 703 g/mol. The molecule has 1 aliphatic rings. The van der Waals surface area contributed by atoms with Crippen molar-refractivity contribution in [3.05, 3.63) is 0 Å². The molecule has 44 heavy (non-hydrogen) atoms. The van der Waals surface area contributed by atoms with Crippen molar-refractivity contribution in [3.63, 3.8) is 0 Å². The van der Waals surface area contributed by atoms with Gasteiger partial charge in [0.15, 0.2) is 0 Å². The molecule has 0 saturated heterocycles. The van der Waals surface area contributed by atoms with Crippen molar-refractivity contribution >= 4 is 26.2 Å². The average molecular weight is 729 g/mol. The summed E-state index contributed by atoms with van der Waals surface area (Å²) in [5.41, 5.74) is 0. The molecule has 264 valence electrons. The number of carbonyl (C=O) groups is 1. The fourth-order valence-corrected chi connectivity index (χ4v) is 9.49. The minimum atomic E-state index is -8.92. The zero-order valence-electron chi connectivity index (χ0n) is 22.3. The van der Waals surface area contributed by atoms with Crippen LogP contribution >= 0.6 is 10.3 Å². The van der Waals surface area contributed by atoms with E-state index in [2.05, 4.69) is 3.63 Å². The highest BCUT2D eigenvalue weighted by atomic mass is 32.3. The molecule has 0 radical (unpaired) electrons. The maximum Gasteiger partial charge on any atom is 0.460 e. The van der Waals surface area contributed by atoms with E-state index in [0.29, 0.717) is 19.1 Å². The van der Waals surface area contributed by atoms with E-state index in [-0.39, 0.29) is 38.5 Å². The van der Waals surface area contributed by atoms with E-state index < -0.39 is 84.2 Å². The predicted molar refractivity (Wildman–Crippen MR) is 120 cm³/mol. The van der Waals surface area contributed by atoms with Crippen LogP contribution in [0, 0.1) is 0 Å². The topological polar surface area (TPSA) is 60.4 Å². The van der Waals surface area contributed by atoms with Crippen LogP contribution in [0.2, 0.25) is 0 Å². The van der Waals surface area contributed by atoms with E-state index in [4.69, 9.17) is 0 Å². The molecule has 4 nitrogen and oxygen atoms in total. The van der Waals surface area contributed by atoms with Gasteiger partial charge in [0, 0.05) is 11.7 Å². The standard InChI is InChI=1S/C21H25F17O4S2/c1-3-4-8-12(39)11-43(2,13-9-6-5-7-10-13)42-44(40,41)21(37,38)19(32,33)17(28,29)15(24,25)14(22,23)16(26,27)18(30,31)20(34,35)36/h13H,3-11H2,1-2H3. The second-order valence-corrected chi connectivity index (χ2v) is 15.2. The van der Waals surface area contributed by atoms with E-state index in [9.17, 15) is 87.8 Å². The van der Waals surface area contributed by atoms with Crippen LogP contribution in [-0.4, -0.2) is 78.4 Å². The Hall–Kier alpha value is -1.26. The van der Waals surface area contributed by atoms with Crippen molar-refractivity contribution in [2.45, 2.75) is 111 Å². The molecule has 0 aromatic carbocycles. The van der Waals surface area contributed by atoms with Crippen molar-refractivity contribution in [1.29, 1.82) is 0 Å². The summed E-state index contributed by atoms with van der Waals surface area (Å²) in [6.07, 6.45) is -6.40. The summed E-state index contributed by atoms with van der Waals surface area (Å²) in [7, 11) is -11.7. The number of ketones is 1. The lowest BCUT2D eigenvalue weighted by molar-refractivity contribution is -0.458. The molecule has 0 amide bonds. The number of unbranched alkanes of at least 4 members (excludes halogenated alkanes) is 1. The Morgan fingerprint density at radius 3 is 1.43 bits per heavy atom. The number of alkyl halides is 17. The Morgan fingerprint density at radius 2 is 1.05 bits per heavy atom. The van der Waals surface area contributed by atoms with E-state index >= 15 is 0 Å². The Morgan fingerprint density at radius 1 is 0.659 bits per heavy atom. The van der Waals surface area contributed by atoms with Crippen LogP contribution < -0.4 is 0 Å². The van der Waals surface area contributed by atoms with Gasteiger partial charge in [-0.25, -0.2) is 3.63 Å². The molecule has 1 saturated carbocycles. The van der Waals surface area contributed by atoms with Gasteiger partial charge in [-0.2, -0.15) is 83.1 Å². The number of halogens is 17. The summed E-state index contributed by atoms with van der Waals surface area (Å²) in [5, 5.41) is -8.95. The lowest BCUT2D eigenvalue weighted by Crippen LogP contribution is -2.75. The van der Waals surface area contributed by atoms with Gasteiger partial charge < -0.3 is 0 Å². The van der Waals surface area contributed by atoms with Crippen LogP contribution in [0.4, 0.5) is 74.6 Å². The first-order valence-corrected chi connectivity index (χ1v) is 15.8. The van der Waals surface area contributed by atoms with Gasteiger partial charge >= 0.3 is 57.1 Å². The monoisotopic (exact) mass is 728 g/mol. The van der Waals surface area contributed by atoms with Gasteiger partial charge in [0.2, 0.25) is 0 Å². The van der Waals surface area contributed by atoms with Crippen molar-refractivity contribution in [1.82, 2.24) is 0 Å². The third-order valence-corrected chi connectivity index (χ3v) is 12.4. The van der Waals surface area contributed by atoms with Crippen molar-refractivity contribution in [3.8, 4) is 0 Å². The molecule has 0 bridgehead atoms.